The highest BCUT2D eigenvalue weighted by Gasteiger charge is 2.23. The van der Waals surface area contributed by atoms with Gasteiger partial charge in [-0.2, -0.15) is 0 Å². The Balaban J connectivity index is 0.000000172. The van der Waals surface area contributed by atoms with Gasteiger partial charge in [-0.25, -0.2) is 4.98 Å². The first-order valence-electron chi connectivity index (χ1n) is 30.5. The SMILES string of the molecule is NC1=C(Cl)CC(N)(Cl)C=C1.Nc1ccc(N)cc1.Nc1ccc(Oc2ccc(Oc3ccc(N)cc3)cc2)cc1.Nc1ccc(Oc2cccc(Oc3ccc(N)cc3)c2)cc1.Nc1cccc(N)c1.Nc1ccccc1Oc1ccccc1Oc1ccccc1N.Nc1cccnc1N. The Bertz CT molecular complexity index is 4280. The second-order valence-electron chi connectivity index (χ2n) is 21.5. The quantitative estimate of drug-likeness (QED) is 0.0307. The van der Waals surface area contributed by atoms with Gasteiger partial charge in [0.1, 0.15) is 56.8 Å². The van der Waals surface area contributed by atoms with E-state index >= 15 is 0 Å². The number of anilines is 12. The second-order valence-corrected chi connectivity index (χ2v) is 22.6. The van der Waals surface area contributed by atoms with E-state index in [9.17, 15) is 0 Å². The van der Waals surface area contributed by atoms with E-state index in [1.165, 1.54) is 0 Å². The molecule has 28 N–H and O–H groups in total. The van der Waals surface area contributed by atoms with E-state index < -0.39 is 5.00 Å². The molecule has 1 aromatic heterocycles. The first kappa shape index (κ1) is 74.2. The molecule has 1 heterocycles. The van der Waals surface area contributed by atoms with E-state index in [0.29, 0.717) is 109 Å². The number of ether oxygens (including phenoxy) is 6. The average molecular weight is 1380 g/mol. The van der Waals surface area contributed by atoms with Crippen molar-refractivity contribution >= 4 is 91.6 Å². The molecule has 512 valence electrons. The molecule has 0 amide bonds. The Kier molecular flexibility index (Phi) is 28.0. The predicted octanol–water partition coefficient (Wildman–Crippen LogP) is 16.5. The maximum atomic E-state index is 5.91. The van der Waals surface area contributed by atoms with Gasteiger partial charge in [0.05, 0.1) is 17.1 Å². The molecule has 23 heteroatoms. The molecular formula is C77H79Cl2N15O6. The summed E-state index contributed by atoms with van der Waals surface area (Å²) in [5.74, 6) is 8.47. The monoisotopic (exact) mass is 1380 g/mol. The molecule has 12 aromatic rings. The maximum Gasteiger partial charge on any atom is 0.170 e. The van der Waals surface area contributed by atoms with Crippen LogP contribution in [0.2, 0.25) is 0 Å². The Morgan fingerprint density at radius 1 is 0.290 bits per heavy atom. The van der Waals surface area contributed by atoms with Gasteiger partial charge in [0.15, 0.2) is 23.0 Å². The number of alkyl halides is 1. The number of hydrogen-bond acceptors (Lipinski definition) is 21. The number of benzene rings is 11. The van der Waals surface area contributed by atoms with Crippen LogP contribution in [-0.4, -0.2) is 9.98 Å². The van der Waals surface area contributed by atoms with Crippen molar-refractivity contribution in [3.8, 4) is 69.0 Å². The third kappa shape index (κ3) is 26.5. The molecule has 0 aliphatic heterocycles. The van der Waals surface area contributed by atoms with Crippen molar-refractivity contribution in [2.24, 2.45) is 11.5 Å². The van der Waals surface area contributed by atoms with Crippen LogP contribution in [0.1, 0.15) is 6.42 Å². The van der Waals surface area contributed by atoms with Gasteiger partial charge in [-0.1, -0.05) is 71.7 Å². The Morgan fingerprint density at radius 2 is 0.590 bits per heavy atom. The van der Waals surface area contributed by atoms with Crippen LogP contribution in [0.3, 0.4) is 0 Å². The minimum absolute atomic E-state index is 0.396. The number of nitrogens with two attached hydrogens (primary N) is 14. The lowest BCUT2D eigenvalue weighted by Gasteiger charge is -2.21. The fourth-order valence-corrected chi connectivity index (χ4v) is 8.62. The highest BCUT2D eigenvalue weighted by atomic mass is 35.5. The molecule has 1 aliphatic carbocycles. The highest BCUT2D eigenvalue weighted by Crippen LogP contribution is 2.38. The molecule has 21 nitrogen and oxygen atoms in total. The van der Waals surface area contributed by atoms with Gasteiger partial charge in [-0.15, -0.1) is 0 Å². The number of allylic oxidation sites excluding steroid dienone is 1. The number of halogens is 2. The lowest BCUT2D eigenvalue weighted by atomic mass is 10.1. The standard InChI is InChI=1S/3C18H16N2O2.C6H8Cl2N2.2C6H8N2.C5H7N3/c19-13-1-5-15(6-2-13)21-17-9-11-18(12-10-17)22-16-7-3-14(20)4-8-16;19-13-7-1-3-9-15(13)21-17-11-5-6-12-18(17)22-16-10-4-2-8-14(16)20;19-13-4-8-15(9-5-13)21-17-2-1-3-18(12-17)22-16-10-6-14(20)7-11-16;7-4-3-6(8,10)2-1-5(4)9;7-5-1-2-6(8)4-3-5;7-5-2-1-3-6(8)4-5;6-4-2-1-3-8-5(4)7/h3*1-12H,19-20H2;1-2H,3,9-10H2;2*1-4H,7-8H2;1-3H,6H2,(H2,7,8). The predicted molar refractivity (Wildman–Crippen MR) is 412 cm³/mol. The molecular weight excluding hydrogens is 1300 g/mol. The van der Waals surface area contributed by atoms with Gasteiger partial charge in [0.25, 0.3) is 0 Å². The van der Waals surface area contributed by atoms with Crippen LogP contribution in [0.5, 0.6) is 69.0 Å². The normalized spacial score (nSPS) is 12.2. The third-order valence-corrected chi connectivity index (χ3v) is 13.8. The van der Waals surface area contributed by atoms with Crippen molar-refractivity contribution in [1.82, 2.24) is 4.98 Å². The molecule has 0 bridgehead atoms. The minimum Gasteiger partial charge on any atom is -0.457 e. The zero-order valence-electron chi connectivity index (χ0n) is 54.2. The fraction of sp³-hybridized carbons (Fsp3) is 0.0260. The van der Waals surface area contributed by atoms with Crippen LogP contribution >= 0.6 is 23.2 Å². The summed E-state index contributed by atoms with van der Waals surface area (Å²) in [5, 5.41) is 0.528. The summed E-state index contributed by atoms with van der Waals surface area (Å²) >= 11 is 11.4. The van der Waals surface area contributed by atoms with E-state index in [4.69, 9.17) is 132 Å². The summed E-state index contributed by atoms with van der Waals surface area (Å²) < 4.78 is 34.7. The van der Waals surface area contributed by atoms with E-state index in [0.717, 1.165) is 45.9 Å². The molecule has 0 spiro atoms. The summed E-state index contributed by atoms with van der Waals surface area (Å²) in [4.78, 5) is 2.88. The average Bonchev–Trinajstić information content (AvgIpc) is 0.847. The summed E-state index contributed by atoms with van der Waals surface area (Å²) in [6.45, 7) is 0. The van der Waals surface area contributed by atoms with E-state index in [2.05, 4.69) is 4.98 Å². The van der Waals surface area contributed by atoms with Gasteiger partial charge in [-0.3, -0.25) is 0 Å². The number of para-hydroxylation sites is 6. The van der Waals surface area contributed by atoms with Gasteiger partial charge >= 0.3 is 0 Å². The lowest BCUT2D eigenvalue weighted by Crippen LogP contribution is -2.32. The van der Waals surface area contributed by atoms with Crippen LogP contribution in [0, 0.1) is 0 Å². The second kappa shape index (κ2) is 37.8. The van der Waals surface area contributed by atoms with Crippen molar-refractivity contribution in [2.75, 3.05) is 68.8 Å². The molecule has 13 rings (SSSR count). The fourth-order valence-electron chi connectivity index (χ4n) is 8.07. The van der Waals surface area contributed by atoms with Crippen LogP contribution in [-0.2, 0) is 0 Å². The first-order chi connectivity index (χ1) is 48.0. The number of pyridine rings is 1. The summed E-state index contributed by atoms with van der Waals surface area (Å²) in [5.41, 5.74) is 85.5. The molecule has 0 fully saturated rings. The number of aromatic nitrogens is 1. The zero-order valence-corrected chi connectivity index (χ0v) is 55.7. The maximum absolute atomic E-state index is 5.91. The van der Waals surface area contributed by atoms with Gasteiger partial charge < -0.3 is 109 Å². The molecule has 1 aliphatic rings. The van der Waals surface area contributed by atoms with Gasteiger partial charge in [0.2, 0.25) is 0 Å². The molecule has 1 unspecified atom stereocenters. The van der Waals surface area contributed by atoms with Crippen LogP contribution in [0.4, 0.5) is 68.4 Å². The molecule has 11 aromatic carbocycles. The third-order valence-electron chi connectivity index (χ3n) is 13.2. The molecule has 0 saturated carbocycles. The molecule has 0 saturated heterocycles. The Hall–Kier alpha value is -13.2. The topological polar surface area (TPSA) is 433 Å². The number of hydrogen-bond donors (Lipinski definition) is 14. The summed E-state index contributed by atoms with van der Waals surface area (Å²) in [6, 6.07) is 83.5. The lowest BCUT2D eigenvalue weighted by molar-refractivity contribution is 0.421. The number of nitrogen functional groups attached to an aromatic ring is 12. The smallest absolute Gasteiger partial charge is 0.170 e. The van der Waals surface area contributed by atoms with Crippen LogP contribution in [0.15, 0.2) is 308 Å². The van der Waals surface area contributed by atoms with E-state index in [-0.39, 0.29) is 0 Å². The van der Waals surface area contributed by atoms with Crippen molar-refractivity contribution in [3.05, 3.63) is 308 Å². The van der Waals surface area contributed by atoms with Crippen molar-refractivity contribution in [1.29, 1.82) is 0 Å². The van der Waals surface area contributed by atoms with Gasteiger partial charge in [-0.05, 0) is 237 Å². The highest BCUT2D eigenvalue weighted by molar-refractivity contribution is 6.32. The Labute approximate surface area is 590 Å². The van der Waals surface area contributed by atoms with E-state index in [1.54, 1.807) is 134 Å². The number of rotatable bonds is 12. The molecule has 100 heavy (non-hydrogen) atoms. The van der Waals surface area contributed by atoms with Gasteiger partial charge in [0, 0.05) is 74.9 Å². The van der Waals surface area contributed by atoms with Crippen LogP contribution < -0.4 is 109 Å². The molecule has 0 radical (unpaired) electrons. The molecule has 1 atom stereocenters. The van der Waals surface area contributed by atoms with Crippen LogP contribution in [0.25, 0.3) is 0 Å². The minimum atomic E-state index is -0.847. The van der Waals surface area contributed by atoms with E-state index in [1.807, 2.05) is 164 Å². The van der Waals surface area contributed by atoms with Crippen molar-refractivity contribution in [2.45, 2.75) is 11.4 Å². The number of nitrogens with zero attached hydrogens (tertiary/aromatic N) is 1. The first-order valence-corrected chi connectivity index (χ1v) is 31.2. The largest absolute Gasteiger partial charge is 0.457 e. The Morgan fingerprint density at radius 3 is 0.880 bits per heavy atom. The zero-order chi connectivity index (χ0) is 71.8. The summed E-state index contributed by atoms with van der Waals surface area (Å²) in [6.07, 6.45) is 5.26. The van der Waals surface area contributed by atoms with Crippen molar-refractivity contribution in [3.63, 3.8) is 0 Å². The van der Waals surface area contributed by atoms with Crippen molar-refractivity contribution < 1.29 is 28.4 Å². The summed E-state index contributed by atoms with van der Waals surface area (Å²) in [7, 11) is 0.